The van der Waals surface area contributed by atoms with Gasteiger partial charge < -0.3 is 10.6 Å². The van der Waals surface area contributed by atoms with Crippen LogP contribution in [0.2, 0.25) is 0 Å². The lowest BCUT2D eigenvalue weighted by Gasteiger charge is -2.47. The first-order valence-electron chi connectivity index (χ1n) is 8.32. The van der Waals surface area contributed by atoms with Crippen LogP contribution >= 0.6 is 24.0 Å². The molecule has 0 aliphatic carbocycles. The molecule has 0 radical (unpaired) electrons. The summed E-state index contributed by atoms with van der Waals surface area (Å²) in [4.78, 5) is 9.95. The second-order valence-electron chi connectivity index (χ2n) is 5.84. The Morgan fingerprint density at radius 3 is 2.43 bits per heavy atom. The molecule has 1 atom stereocenters. The van der Waals surface area contributed by atoms with E-state index in [1.807, 2.05) is 0 Å². The number of hydrogen-bond acceptors (Lipinski definition) is 3. The quantitative estimate of drug-likeness (QED) is 0.288. The molecule has 2 N–H and O–H groups in total. The van der Waals surface area contributed by atoms with Gasteiger partial charge in [-0.05, 0) is 13.3 Å². The highest BCUT2D eigenvalue weighted by atomic mass is 127. The SMILES string of the molecule is CCCCCNC(=NCC1CN2CCN1CC2)NCC.I. The molecule has 3 aliphatic heterocycles. The molecule has 0 spiro atoms. The molecule has 3 aliphatic rings. The van der Waals surface area contributed by atoms with Gasteiger partial charge >= 0.3 is 0 Å². The first-order valence-corrected chi connectivity index (χ1v) is 8.32. The summed E-state index contributed by atoms with van der Waals surface area (Å²) in [5, 5.41) is 6.80. The minimum Gasteiger partial charge on any atom is -0.357 e. The third-order valence-corrected chi connectivity index (χ3v) is 4.27. The summed E-state index contributed by atoms with van der Waals surface area (Å²) in [7, 11) is 0. The molecule has 3 rings (SSSR count). The Morgan fingerprint density at radius 2 is 1.86 bits per heavy atom. The first-order chi connectivity index (χ1) is 9.83. The van der Waals surface area contributed by atoms with Gasteiger partial charge in [-0.15, -0.1) is 24.0 Å². The van der Waals surface area contributed by atoms with Crippen LogP contribution in [0.15, 0.2) is 4.99 Å². The number of aliphatic imine (C=N–C) groups is 1. The lowest BCUT2D eigenvalue weighted by molar-refractivity contribution is 0.0174. The van der Waals surface area contributed by atoms with Crippen LogP contribution in [-0.2, 0) is 0 Å². The average Bonchev–Trinajstić information content (AvgIpc) is 2.50. The molecule has 21 heavy (non-hydrogen) atoms. The Hall–Kier alpha value is -0.0800. The maximum absolute atomic E-state index is 4.78. The Balaban J connectivity index is 0.00000220. The third-order valence-electron chi connectivity index (χ3n) is 4.27. The van der Waals surface area contributed by atoms with Gasteiger partial charge in [0.05, 0.1) is 6.54 Å². The third kappa shape index (κ3) is 6.28. The smallest absolute Gasteiger partial charge is 0.191 e. The number of nitrogens with zero attached hydrogens (tertiary/aromatic N) is 3. The maximum Gasteiger partial charge on any atom is 0.191 e. The standard InChI is InChI=1S/C15H31N5.HI/c1-3-5-6-7-17-15(16-4-2)18-12-14-13-19-8-10-20(14)11-9-19;/h14H,3-13H2,1-2H3,(H2,16,17,18);1H. The minimum absolute atomic E-state index is 0. The van der Waals surface area contributed by atoms with Gasteiger partial charge in [-0.3, -0.25) is 14.8 Å². The first kappa shape index (κ1) is 19.0. The molecule has 0 aromatic rings. The minimum atomic E-state index is 0. The zero-order valence-electron chi connectivity index (χ0n) is 13.6. The van der Waals surface area contributed by atoms with Gasteiger partial charge in [0.15, 0.2) is 5.96 Å². The molecule has 0 amide bonds. The van der Waals surface area contributed by atoms with Crippen molar-refractivity contribution in [2.45, 2.75) is 39.2 Å². The van der Waals surface area contributed by atoms with Crippen molar-refractivity contribution in [1.29, 1.82) is 0 Å². The molecule has 6 heteroatoms. The lowest BCUT2D eigenvalue weighted by atomic mass is 10.1. The van der Waals surface area contributed by atoms with E-state index in [2.05, 4.69) is 34.3 Å². The summed E-state index contributed by atoms with van der Waals surface area (Å²) in [6.45, 7) is 13.4. The van der Waals surface area contributed by atoms with Gasteiger partial charge in [-0.2, -0.15) is 0 Å². The number of fused-ring (bicyclic) bond motifs is 3. The van der Waals surface area contributed by atoms with E-state index in [4.69, 9.17) is 4.99 Å². The topological polar surface area (TPSA) is 42.9 Å². The number of halogens is 1. The fourth-order valence-electron chi connectivity index (χ4n) is 3.02. The highest BCUT2D eigenvalue weighted by Gasteiger charge is 2.31. The van der Waals surface area contributed by atoms with Gasteiger partial charge in [0.1, 0.15) is 0 Å². The van der Waals surface area contributed by atoms with Crippen molar-refractivity contribution >= 4 is 29.9 Å². The zero-order chi connectivity index (χ0) is 14.2. The molecule has 0 aromatic carbocycles. The Bertz CT molecular complexity index is 302. The summed E-state index contributed by atoms with van der Waals surface area (Å²) in [5.41, 5.74) is 0. The summed E-state index contributed by atoms with van der Waals surface area (Å²) < 4.78 is 0. The predicted molar refractivity (Wildman–Crippen MR) is 101 cm³/mol. The second-order valence-corrected chi connectivity index (χ2v) is 5.84. The molecule has 3 saturated heterocycles. The number of unbranched alkanes of at least 4 members (excludes halogenated alkanes) is 2. The number of guanidine groups is 1. The van der Waals surface area contributed by atoms with E-state index >= 15 is 0 Å². The zero-order valence-corrected chi connectivity index (χ0v) is 15.9. The summed E-state index contributed by atoms with van der Waals surface area (Å²) >= 11 is 0. The van der Waals surface area contributed by atoms with Crippen molar-refractivity contribution in [3.05, 3.63) is 0 Å². The van der Waals surface area contributed by atoms with Crippen LogP contribution in [0.5, 0.6) is 0 Å². The summed E-state index contributed by atoms with van der Waals surface area (Å²) in [5.74, 6) is 0.987. The second kappa shape index (κ2) is 10.6. The number of rotatable bonds is 7. The van der Waals surface area contributed by atoms with Gasteiger partial charge in [0, 0.05) is 51.9 Å². The van der Waals surface area contributed by atoms with Crippen LogP contribution in [0.25, 0.3) is 0 Å². The van der Waals surface area contributed by atoms with E-state index in [1.165, 1.54) is 52.0 Å². The maximum atomic E-state index is 4.78. The lowest BCUT2D eigenvalue weighted by Crippen LogP contribution is -2.62. The van der Waals surface area contributed by atoms with Crippen LogP contribution in [0.1, 0.15) is 33.1 Å². The van der Waals surface area contributed by atoms with Crippen LogP contribution in [0, 0.1) is 0 Å². The van der Waals surface area contributed by atoms with Gasteiger partial charge in [-0.1, -0.05) is 19.8 Å². The molecule has 5 nitrogen and oxygen atoms in total. The monoisotopic (exact) mass is 409 g/mol. The number of nitrogens with one attached hydrogen (secondary N) is 2. The van der Waals surface area contributed by atoms with Crippen molar-refractivity contribution in [2.24, 2.45) is 4.99 Å². The Kier molecular flexibility index (Phi) is 9.59. The van der Waals surface area contributed by atoms with Crippen LogP contribution in [0.4, 0.5) is 0 Å². The number of piperazine rings is 3. The fraction of sp³-hybridized carbons (Fsp3) is 0.933. The molecular formula is C15H32IN5. The normalized spacial score (nSPS) is 28.1. The van der Waals surface area contributed by atoms with E-state index in [0.717, 1.165) is 25.6 Å². The summed E-state index contributed by atoms with van der Waals surface area (Å²) in [6.07, 6.45) is 3.78. The van der Waals surface area contributed by atoms with Gasteiger partial charge in [0.25, 0.3) is 0 Å². The molecule has 0 saturated carbocycles. The average molecular weight is 409 g/mol. The van der Waals surface area contributed by atoms with Crippen molar-refractivity contribution in [1.82, 2.24) is 20.4 Å². The molecule has 2 bridgehead atoms. The van der Waals surface area contributed by atoms with Crippen LogP contribution in [0.3, 0.4) is 0 Å². The largest absolute Gasteiger partial charge is 0.357 e. The fourth-order valence-corrected chi connectivity index (χ4v) is 3.02. The van der Waals surface area contributed by atoms with E-state index in [9.17, 15) is 0 Å². The Labute approximate surface area is 146 Å². The predicted octanol–water partition coefficient (Wildman–Crippen LogP) is 1.35. The van der Waals surface area contributed by atoms with Crippen molar-refractivity contribution in [3.63, 3.8) is 0 Å². The van der Waals surface area contributed by atoms with E-state index in [1.54, 1.807) is 0 Å². The molecule has 3 fully saturated rings. The molecule has 124 valence electrons. The van der Waals surface area contributed by atoms with Crippen LogP contribution in [-0.4, -0.2) is 74.2 Å². The van der Waals surface area contributed by atoms with E-state index in [-0.39, 0.29) is 24.0 Å². The van der Waals surface area contributed by atoms with Crippen molar-refractivity contribution in [2.75, 3.05) is 52.4 Å². The highest BCUT2D eigenvalue weighted by Crippen LogP contribution is 2.15. The molecular weight excluding hydrogens is 377 g/mol. The van der Waals surface area contributed by atoms with E-state index in [0.29, 0.717) is 6.04 Å². The Morgan fingerprint density at radius 1 is 1.10 bits per heavy atom. The van der Waals surface area contributed by atoms with Gasteiger partial charge in [0.2, 0.25) is 0 Å². The molecule has 1 unspecified atom stereocenters. The van der Waals surface area contributed by atoms with E-state index < -0.39 is 0 Å². The summed E-state index contributed by atoms with van der Waals surface area (Å²) in [6, 6.07) is 0.614. The van der Waals surface area contributed by atoms with Gasteiger partial charge in [-0.25, -0.2) is 0 Å². The van der Waals surface area contributed by atoms with Crippen molar-refractivity contribution in [3.8, 4) is 0 Å². The molecule has 3 heterocycles. The molecule has 0 aromatic heterocycles. The van der Waals surface area contributed by atoms with Crippen molar-refractivity contribution < 1.29 is 0 Å². The number of hydrogen-bond donors (Lipinski definition) is 2. The highest BCUT2D eigenvalue weighted by molar-refractivity contribution is 14.0. The van der Waals surface area contributed by atoms with Crippen LogP contribution < -0.4 is 10.6 Å².